The number of fused-ring (bicyclic) bond motifs is 1. The summed E-state index contributed by atoms with van der Waals surface area (Å²) < 4.78 is 22.7. The molecule has 4 atom stereocenters. The quantitative estimate of drug-likeness (QED) is 0.839. The van der Waals surface area contributed by atoms with Crippen LogP contribution in [0.5, 0.6) is 0 Å². The summed E-state index contributed by atoms with van der Waals surface area (Å²) in [5.74, 6) is -2.24. The van der Waals surface area contributed by atoms with Crippen LogP contribution in [0.2, 0.25) is 0 Å². The average molecular weight is 335 g/mol. The molecule has 1 N–H and O–H groups in total. The Labute approximate surface area is 140 Å². The highest BCUT2D eigenvalue weighted by Gasteiger charge is 2.62. The lowest BCUT2D eigenvalue weighted by atomic mass is 9.97. The third-order valence-corrected chi connectivity index (χ3v) is 4.68. The van der Waals surface area contributed by atoms with Crippen LogP contribution in [0.4, 0.5) is 10.5 Å². The van der Waals surface area contributed by atoms with E-state index < -0.39 is 29.9 Å². The molecule has 3 heterocycles. The molecule has 4 rings (SSSR count). The first-order valence-corrected chi connectivity index (χ1v) is 8.04. The number of hydrogen-bond acceptors (Lipinski definition) is 6. The number of benzene rings is 1. The van der Waals surface area contributed by atoms with Gasteiger partial charge in [0.15, 0.2) is 11.9 Å². The zero-order valence-electron chi connectivity index (χ0n) is 13.9. The van der Waals surface area contributed by atoms with Crippen molar-refractivity contribution in [2.45, 2.75) is 50.7 Å². The maximum absolute atomic E-state index is 12.3. The van der Waals surface area contributed by atoms with E-state index in [0.29, 0.717) is 5.69 Å². The molecule has 0 radical (unpaired) electrons. The van der Waals surface area contributed by atoms with Crippen molar-refractivity contribution in [2.24, 2.45) is 0 Å². The average Bonchev–Trinajstić information content (AvgIpc) is 3.02. The fourth-order valence-corrected chi connectivity index (χ4v) is 3.49. The summed E-state index contributed by atoms with van der Waals surface area (Å²) in [7, 11) is 0. The first-order chi connectivity index (χ1) is 11.3. The molecule has 3 saturated heterocycles. The molecule has 3 fully saturated rings. The SMILES string of the molecule is Cc1ccc(N2C[C@]3(OC[C@H]4OC(C)(C)O[C@H]4C3O)OC2=O)cc1. The number of rotatable bonds is 1. The van der Waals surface area contributed by atoms with Crippen LogP contribution in [0.25, 0.3) is 0 Å². The van der Waals surface area contributed by atoms with E-state index >= 15 is 0 Å². The summed E-state index contributed by atoms with van der Waals surface area (Å²) in [6, 6.07) is 7.51. The number of carbonyl (C=O) groups excluding carboxylic acids is 1. The highest BCUT2D eigenvalue weighted by molar-refractivity contribution is 5.90. The second-order valence-electron chi connectivity index (χ2n) is 7.00. The Kier molecular flexibility index (Phi) is 3.41. The number of nitrogens with zero attached hydrogens (tertiary/aromatic N) is 1. The van der Waals surface area contributed by atoms with Gasteiger partial charge in [-0.25, -0.2) is 4.79 Å². The summed E-state index contributed by atoms with van der Waals surface area (Å²) in [4.78, 5) is 13.8. The summed E-state index contributed by atoms with van der Waals surface area (Å²) >= 11 is 0. The van der Waals surface area contributed by atoms with Gasteiger partial charge in [-0.15, -0.1) is 0 Å². The molecule has 7 heteroatoms. The summed E-state index contributed by atoms with van der Waals surface area (Å²) in [5.41, 5.74) is 1.79. The Bertz CT molecular complexity index is 660. The van der Waals surface area contributed by atoms with Crippen LogP contribution in [-0.4, -0.2) is 54.2 Å². The Morgan fingerprint density at radius 3 is 2.62 bits per heavy atom. The molecule has 24 heavy (non-hydrogen) atoms. The van der Waals surface area contributed by atoms with Crippen molar-refractivity contribution in [3.8, 4) is 0 Å². The van der Waals surface area contributed by atoms with Gasteiger partial charge in [-0.1, -0.05) is 17.7 Å². The molecule has 130 valence electrons. The van der Waals surface area contributed by atoms with Gasteiger partial charge in [-0.2, -0.15) is 0 Å². The number of carbonyl (C=O) groups is 1. The van der Waals surface area contributed by atoms with Crippen LogP contribution in [0.15, 0.2) is 24.3 Å². The minimum atomic E-state index is -1.44. The van der Waals surface area contributed by atoms with E-state index in [4.69, 9.17) is 18.9 Å². The van der Waals surface area contributed by atoms with Crippen LogP contribution in [-0.2, 0) is 18.9 Å². The molecular formula is C17H21NO6. The van der Waals surface area contributed by atoms with E-state index in [0.717, 1.165) is 5.56 Å². The van der Waals surface area contributed by atoms with Gasteiger partial charge in [0.1, 0.15) is 12.2 Å². The molecular weight excluding hydrogens is 314 g/mol. The summed E-state index contributed by atoms with van der Waals surface area (Å²) in [6.07, 6.45) is -2.65. The summed E-state index contributed by atoms with van der Waals surface area (Å²) in [6.45, 7) is 5.83. The fourth-order valence-electron chi connectivity index (χ4n) is 3.49. The largest absolute Gasteiger partial charge is 0.417 e. The van der Waals surface area contributed by atoms with Crippen LogP contribution < -0.4 is 4.90 Å². The fraction of sp³-hybridized carbons (Fsp3) is 0.588. The van der Waals surface area contributed by atoms with Crippen LogP contribution in [0.3, 0.4) is 0 Å². The van der Waals surface area contributed by atoms with Gasteiger partial charge in [0.2, 0.25) is 0 Å². The molecule has 0 bridgehead atoms. The first kappa shape index (κ1) is 15.8. The van der Waals surface area contributed by atoms with Crippen LogP contribution in [0.1, 0.15) is 19.4 Å². The zero-order chi connectivity index (χ0) is 17.1. The lowest BCUT2D eigenvalue weighted by molar-refractivity contribution is -0.285. The molecule has 0 saturated carbocycles. The van der Waals surface area contributed by atoms with Crippen molar-refractivity contribution in [2.75, 3.05) is 18.1 Å². The smallest absolute Gasteiger partial charge is 0.411 e. The van der Waals surface area contributed by atoms with E-state index in [1.165, 1.54) is 4.90 Å². The highest BCUT2D eigenvalue weighted by atomic mass is 16.8. The molecule has 1 aromatic rings. The second-order valence-corrected chi connectivity index (χ2v) is 7.00. The maximum atomic E-state index is 12.3. The van der Waals surface area contributed by atoms with Gasteiger partial charge >= 0.3 is 6.09 Å². The number of aliphatic hydroxyl groups is 1. The van der Waals surface area contributed by atoms with Crippen molar-refractivity contribution in [3.05, 3.63) is 29.8 Å². The third kappa shape index (κ3) is 2.39. The van der Waals surface area contributed by atoms with Crippen LogP contribution >= 0.6 is 0 Å². The minimum Gasteiger partial charge on any atom is -0.411 e. The molecule has 0 aliphatic carbocycles. The van der Waals surface area contributed by atoms with Gasteiger partial charge in [0, 0.05) is 5.69 Å². The standard InChI is InChI=1S/C17H21NO6/c1-10-4-6-11(7-5-10)18-9-17(24-15(18)20)14(19)13-12(8-21-17)22-16(2,3)23-13/h4-7,12-14,19H,8-9H2,1-3H3/t12-,13-,14?,17+/m1/s1. The Morgan fingerprint density at radius 2 is 1.92 bits per heavy atom. The predicted molar refractivity (Wildman–Crippen MR) is 83.5 cm³/mol. The molecule has 1 aromatic carbocycles. The van der Waals surface area contributed by atoms with E-state index in [9.17, 15) is 9.90 Å². The Balaban J connectivity index is 1.58. The molecule has 7 nitrogen and oxygen atoms in total. The Morgan fingerprint density at radius 1 is 1.21 bits per heavy atom. The van der Waals surface area contributed by atoms with E-state index in [2.05, 4.69) is 0 Å². The van der Waals surface area contributed by atoms with Crippen molar-refractivity contribution in [1.82, 2.24) is 0 Å². The Hall–Kier alpha value is -1.67. The molecule has 3 aliphatic rings. The van der Waals surface area contributed by atoms with Gasteiger partial charge in [-0.3, -0.25) is 4.90 Å². The number of ether oxygens (including phenoxy) is 4. The molecule has 1 unspecified atom stereocenters. The first-order valence-electron chi connectivity index (χ1n) is 8.04. The van der Waals surface area contributed by atoms with Crippen molar-refractivity contribution < 1.29 is 28.8 Å². The second kappa shape index (κ2) is 5.16. The predicted octanol–water partition coefficient (Wildman–Crippen LogP) is 1.56. The number of aryl methyl sites for hydroxylation is 1. The van der Waals surface area contributed by atoms with Gasteiger partial charge in [0.05, 0.1) is 13.2 Å². The number of anilines is 1. The lowest BCUT2D eigenvalue weighted by Crippen LogP contribution is -2.61. The third-order valence-electron chi connectivity index (χ3n) is 4.68. The van der Waals surface area contributed by atoms with E-state index in [1.807, 2.05) is 31.2 Å². The van der Waals surface area contributed by atoms with Gasteiger partial charge in [0.25, 0.3) is 5.79 Å². The normalized spacial score (nSPS) is 37.6. The lowest BCUT2D eigenvalue weighted by Gasteiger charge is -2.40. The molecule has 1 spiro atoms. The molecule has 0 aromatic heterocycles. The minimum absolute atomic E-state index is 0.100. The van der Waals surface area contributed by atoms with Crippen molar-refractivity contribution >= 4 is 11.8 Å². The van der Waals surface area contributed by atoms with Crippen LogP contribution in [0, 0.1) is 6.92 Å². The van der Waals surface area contributed by atoms with E-state index in [-0.39, 0.29) is 19.3 Å². The number of aliphatic hydroxyl groups excluding tert-OH is 1. The monoisotopic (exact) mass is 335 g/mol. The zero-order valence-corrected chi connectivity index (χ0v) is 13.9. The van der Waals surface area contributed by atoms with Crippen molar-refractivity contribution in [1.29, 1.82) is 0 Å². The topological polar surface area (TPSA) is 77.5 Å². The highest BCUT2D eigenvalue weighted by Crippen LogP contribution is 2.42. The summed E-state index contributed by atoms with van der Waals surface area (Å²) in [5, 5.41) is 10.8. The number of amides is 1. The number of hydrogen-bond donors (Lipinski definition) is 1. The van der Waals surface area contributed by atoms with E-state index in [1.54, 1.807) is 13.8 Å². The van der Waals surface area contributed by atoms with Gasteiger partial charge < -0.3 is 24.1 Å². The molecule has 1 amide bonds. The van der Waals surface area contributed by atoms with Gasteiger partial charge in [-0.05, 0) is 32.9 Å². The molecule has 3 aliphatic heterocycles. The van der Waals surface area contributed by atoms with Crippen molar-refractivity contribution in [3.63, 3.8) is 0 Å². The maximum Gasteiger partial charge on any atom is 0.417 e.